The molecule has 122 valence electrons. The van der Waals surface area contributed by atoms with Gasteiger partial charge in [-0.3, -0.25) is 0 Å². The third kappa shape index (κ3) is 3.23. The van der Waals surface area contributed by atoms with Crippen LogP contribution in [0.3, 0.4) is 0 Å². The molecular weight excluding hydrogens is 270 g/mol. The van der Waals surface area contributed by atoms with Crippen LogP contribution < -0.4 is 0 Å². The first kappa shape index (κ1) is 16.0. The molecule has 3 rings (SSSR count). The Hall–Kier alpha value is -0.860. The van der Waals surface area contributed by atoms with Crippen molar-refractivity contribution in [2.45, 2.75) is 76.4 Å². The highest BCUT2D eigenvalue weighted by molar-refractivity contribution is 5.38. The van der Waals surface area contributed by atoms with E-state index in [4.69, 9.17) is 0 Å². The van der Waals surface area contributed by atoms with Gasteiger partial charge in [-0.2, -0.15) is 0 Å². The summed E-state index contributed by atoms with van der Waals surface area (Å²) in [7, 11) is 2.20. The molecule has 0 spiro atoms. The third-order valence-corrected chi connectivity index (χ3v) is 5.70. The Morgan fingerprint density at radius 2 is 2.00 bits per heavy atom. The van der Waals surface area contributed by atoms with Crippen molar-refractivity contribution in [1.29, 1.82) is 0 Å². The summed E-state index contributed by atoms with van der Waals surface area (Å²) in [5.74, 6) is 0.293. The number of likely N-dealkylation sites (N-methyl/N-ethyl adjacent to an activating group) is 1. The van der Waals surface area contributed by atoms with Crippen LogP contribution in [0.25, 0.3) is 0 Å². The number of unbranched alkanes of at least 4 members (excludes halogenated alkanes) is 1. The van der Waals surface area contributed by atoms with Gasteiger partial charge in [-0.1, -0.05) is 50.8 Å². The Labute approximate surface area is 135 Å². The molecule has 1 aliphatic carbocycles. The van der Waals surface area contributed by atoms with Gasteiger partial charge in [-0.15, -0.1) is 0 Å². The minimum Gasteiger partial charge on any atom is -0.389 e. The molecule has 1 heterocycles. The highest BCUT2D eigenvalue weighted by Crippen LogP contribution is 2.43. The zero-order valence-electron chi connectivity index (χ0n) is 14.3. The monoisotopic (exact) mass is 301 g/mol. The number of aryl methyl sites for hydroxylation is 1. The van der Waals surface area contributed by atoms with E-state index in [0.29, 0.717) is 5.92 Å². The molecule has 1 atom stereocenters. The molecule has 1 unspecified atom stereocenters. The molecule has 0 bridgehead atoms. The van der Waals surface area contributed by atoms with Crippen molar-refractivity contribution >= 4 is 0 Å². The first-order valence-electron chi connectivity index (χ1n) is 9.15. The minimum absolute atomic E-state index is 0.293. The topological polar surface area (TPSA) is 23.5 Å². The van der Waals surface area contributed by atoms with Crippen LogP contribution in [0, 0.1) is 0 Å². The van der Waals surface area contributed by atoms with Gasteiger partial charge >= 0.3 is 0 Å². The lowest BCUT2D eigenvalue weighted by Gasteiger charge is -2.44. The van der Waals surface area contributed by atoms with Crippen LogP contribution in [0.4, 0.5) is 0 Å². The molecule has 0 radical (unpaired) electrons. The predicted molar refractivity (Wildman–Crippen MR) is 92.2 cm³/mol. The molecule has 2 heteroatoms. The maximum Gasteiger partial charge on any atom is 0.0728 e. The van der Waals surface area contributed by atoms with E-state index in [9.17, 15) is 5.11 Å². The van der Waals surface area contributed by atoms with Crippen molar-refractivity contribution < 1.29 is 5.11 Å². The molecule has 1 aliphatic heterocycles. The van der Waals surface area contributed by atoms with Gasteiger partial charge in [0.15, 0.2) is 0 Å². The van der Waals surface area contributed by atoms with Gasteiger partial charge in [0.2, 0.25) is 0 Å². The molecular formula is C20H31NO. The lowest BCUT2D eigenvalue weighted by Crippen LogP contribution is -2.46. The summed E-state index contributed by atoms with van der Waals surface area (Å²) >= 11 is 0. The van der Waals surface area contributed by atoms with Gasteiger partial charge in [-0.25, -0.2) is 0 Å². The number of nitrogens with zero attached hydrogens (tertiary/aromatic N) is 1. The van der Waals surface area contributed by atoms with Crippen molar-refractivity contribution in [3.05, 3.63) is 34.9 Å². The summed E-state index contributed by atoms with van der Waals surface area (Å²) in [5, 5.41) is 11.2. The standard InChI is InChI=1S/C20H31NO/c1-3-4-8-16-9-10-18-17(13-16)14-21(2)15-19(18)20(22)11-6-5-7-12-20/h9-10,13,19,22H,3-8,11-12,14-15H2,1-2H3. The zero-order chi connectivity index (χ0) is 15.6. The molecule has 1 fully saturated rings. The van der Waals surface area contributed by atoms with Crippen molar-refractivity contribution in [2.75, 3.05) is 13.6 Å². The Balaban J connectivity index is 1.88. The van der Waals surface area contributed by atoms with Crippen LogP contribution in [-0.2, 0) is 13.0 Å². The maximum atomic E-state index is 11.2. The molecule has 1 aromatic carbocycles. The SMILES string of the molecule is CCCCc1ccc2c(c1)CN(C)CC2C1(O)CCCCC1. The van der Waals surface area contributed by atoms with Crippen LogP contribution in [0.15, 0.2) is 18.2 Å². The number of rotatable bonds is 4. The number of hydrogen-bond donors (Lipinski definition) is 1. The van der Waals surface area contributed by atoms with E-state index in [2.05, 4.69) is 37.1 Å². The zero-order valence-corrected chi connectivity index (χ0v) is 14.3. The van der Waals surface area contributed by atoms with Crippen molar-refractivity contribution in [2.24, 2.45) is 0 Å². The number of hydrogen-bond acceptors (Lipinski definition) is 2. The van der Waals surface area contributed by atoms with Gasteiger partial charge in [0.25, 0.3) is 0 Å². The fourth-order valence-corrected chi connectivity index (χ4v) is 4.41. The van der Waals surface area contributed by atoms with E-state index in [-0.39, 0.29) is 0 Å². The van der Waals surface area contributed by atoms with Gasteiger partial charge in [0.1, 0.15) is 0 Å². The summed E-state index contributed by atoms with van der Waals surface area (Å²) in [5.41, 5.74) is 3.85. The summed E-state index contributed by atoms with van der Waals surface area (Å²) in [6.07, 6.45) is 9.30. The lowest BCUT2D eigenvalue weighted by molar-refractivity contribution is -0.0333. The lowest BCUT2D eigenvalue weighted by atomic mass is 9.70. The second kappa shape index (κ2) is 6.72. The van der Waals surface area contributed by atoms with Crippen LogP contribution in [0.5, 0.6) is 0 Å². The van der Waals surface area contributed by atoms with E-state index in [1.54, 1.807) is 0 Å². The van der Waals surface area contributed by atoms with Crippen LogP contribution >= 0.6 is 0 Å². The Kier molecular flexibility index (Phi) is 4.89. The molecule has 0 amide bonds. The van der Waals surface area contributed by atoms with Gasteiger partial charge in [-0.05, 0) is 49.4 Å². The highest BCUT2D eigenvalue weighted by Gasteiger charge is 2.41. The second-order valence-corrected chi connectivity index (χ2v) is 7.55. The van der Waals surface area contributed by atoms with Crippen LogP contribution in [0.1, 0.15) is 74.5 Å². The molecule has 2 aliphatic rings. The average molecular weight is 301 g/mol. The van der Waals surface area contributed by atoms with Crippen LogP contribution in [-0.4, -0.2) is 29.2 Å². The summed E-state index contributed by atoms with van der Waals surface area (Å²) in [6.45, 7) is 4.28. The normalized spacial score (nSPS) is 25.0. The quantitative estimate of drug-likeness (QED) is 0.898. The molecule has 1 aromatic rings. The summed E-state index contributed by atoms with van der Waals surface area (Å²) in [4.78, 5) is 2.39. The predicted octanol–water partition coefficient (Wildman–Crippen LogP) is 4.25. The molecule has 2 nitrogen and oxygen atoms in total. The average Bonchev–Trinajstić information content (AvgIpc) is 2.52. The van der Waals surface area contributed by atoms with Gasteiger partial charge in [0, 0.05) is 19.0 Å². The van der Waals surface area contributed by atoms with E-state index >= 15 is 0 Å². The number of fused-ring (bicyclic) bond motifs is 1. The fourth-order valence-electron chi connectivity index (χ4n) is 4.41. The summed E-state index contributed by atoms with van der Waals surface area (Å²) in [6, 6.07) is 7.03. The van der Waals surface area contributed by atoms with E-state index in [0.717, 1.165) is 25.9 Å². The van der Waals surface area contributed by atoms with Gasteiger partial charge in [0.05, 0.1) is 5.60 Å². The number of aliphatic hydroxyl groups is 1. The smallest absolute Gasteiger partial charge is 0.0728 e. The van der Waals surface area contributed by atoms with Crippen LogP contribution in [0.2, 0.25) is 0 Å². The molecule has 22 heavy (non-hydrogen) atoms. The van der Waals surface area contributed by atoms with Crippen molar-refractivity contribution in [1.82, 2.24) is 4.90 Å². The Bertz CT molecular complexity index is 504. The third-order valence-electron chi connectivity index (χ3n) is 5.70. The molecule has 0 aromatic heterocycles. The van der Waals surface area contributed by atoms with E-state index in [1.165, 1.54) is 55.2 Å². The van der Waals surface area contributed by atoms with Gasteiger partial charge < -0.3 is 10.0 Å². The van der Waals surface area contributed by atoms with E-state index in [1.807, 2.05) is 0 Å². The molecule has 1 saturated carbocycles. The van der Waals surface area contributed by atoms with Crippen molar-refractivity contribution in [3.8, 4) is 0 Å². The molecule has 1 N–H and O–H groups in total. The first-order valence-corrected chi connectivity index (χ1v) is 9.15. The second-order valence-electron chi connectivity index (χ2n) is 7.55. The minimum atomic E-state index is -0.480. The van der Waals surface area contributed by atoms with Crippen molar-refractivity contribution in [3.63, 3.8) is 0 Å². The molecule has 0 saturated heterocycles. The first-order chi connectivity index (χ1) is 10.6. The van der Waals surface area contributed by atoms with E-state index < -0.39 is 5.60 Å². The largest absolute Gasteiger partial charge is 0.389 e. The maximum absolute atomic E-state index is 11.2. The fraction of sp³-hybridized carbons (Fsp3) is 0.700. The number of benzene rings is 1. The summed E-state index contributed by atoms with van der Waals surface area (Å²) < 4.78 is 0. The highest BCUT2D eigenvalue weighted by atomic mass is 16.3. The Morgan fingerprint density at radius 3 is 2.73 bits per heavy atom. The Morgan fingerprint density at radius 1 is 1.23 bits per heavy atom.